The van der Waals surface area contributed by atoms with Crippen LogP contribution in [0.25, 0.3) is 10.9 Å². The zero-order chi connectivity index (χ0) is 24.5. The van der Waals surface area contributed by atoms with Gasteiger partial charge in [0.25, 0.3) is 11.5 Å². The van der Waals surface area contributed by atoms with Crippen LogP contribution >= 0.6 is 0 Å². The van der Waals surface area contributed by atoms with Crippen molar-refractivity contribution in [3.63, 3.8) is 0 Å². The molecule has 1 aliphatic rings. The lowest BCUT2D eigenvalue weighted by Gasteiger charge is -2.34. The van der Waals surface area contributed by atoms with Crippen molar-refractivity contribution in [2.45, 2.75) is 38.6 Å². The number of fused-ring (bicyclic) bond motifs is 1. The van der Waals surface area contributed by atoms with E-state index < -0.39 is 15.9 Å². The van der Waals surface area contributed by atoms with Crippen molar-refractivity contribution in [3.8, 4) is 0 Å². The molecular formula is C24H29N5O4S. The van der Waals surface area contributed by atoms with Crippen molar-refractivity contribution >= 4 is 32.8 Å². The first-order chi connectivity index (χ1) is 16.2. The SMILES string of the molecule is CCn1c(NNC(=O)c2cccc(S(=O)(=O)N3CC(C)CC(C)C3)c2)nc2ccccc2c1=O. The zero-order valence-corrected chi connectivity index (χ0v) is 20.3. The molecule has 0 bridgehead atoms. The van der Waals surface area contributed by atoms with E-state index in [0.717, 1.165) is 6.42 Å². The number of sulfonamides is 1. The standard InChI is InChI=1S/C24H29N5O4S/c1-4-29-23(31)20-10-5-6-11-21(20)25-24(29)27-26-22(30)18-8-7-9-19(13-18)34(32,33)28-14-16(2)12-17(3)15-28/h5-11,13,16-17H,4,12,14-15H2,1-3H3,(H,25,27)(H,26,30). The van der Waals surface area contributed by atoms with E-state index in [2.05, 4.69) is 15.8 Å². The second kappa shape index (κ2) is 9.55. The fourth-order valence-corrected chi connectivity index (χ4v) is 6.22. The van der Waals surface area contributed by atoms with Gasteiger partial charge in [-0.3, -0.25) is 25.0 Å². The van der Waals surface area contributed by atoms with E-state index in [9.17, 15) is 18.0 Å². The highest BCUT2D eigenvalue weighted by Crippen LogP contribution is 2.27. The molecule has 1 fully saturated rings. The van der Waals surface area contributed by atoms with Gasteiger partial charge < -0.3 is 0 Å². The second-order valence-corrected chi connectivity index (χ2v) is 10.8. The first-order valence-electron chi connectivity index (χ1n) is 11.4. The lowest BCUT2D eigenvalue weighted by molar-refractivity contribution is 0.0962. The minimum absolute atomic E-state index is 0.0794. The van der Waals surface area contributed by atoms with Crippen LogP contribution in [0.5, 0.6) is 0 Å². The molecule has 0 radical (unpaired) electrons. The van der Waals surface area contributed by atoms with Crippen LogP contribution in [0.1, 0.15) is 37.6 Å². The highest BCUT2D eigenvalue weighted by molar-refractivity contribution is 7.89. The van der Waals surface area contributed by atoms with E-state index >= 15 is 0 Å². The number of para-hydroxylation sites is 1. The molecule has 34 heavy (non-hydrogen) atoms. The van der Waals surface area contributed by atoms with Gasteiger partial charge in [-0.25, -0.2) is 13.4 Å². The number of nitrogens with one attached hydrogen (secondary N) is 2. The molecule has 0 saturated carbocycles. The van der Waals surface area contributed by atoms with Crippen LogP contribution in [0.15, 0.2) is 58.2 Å². The fraction of sp³-hybridized carbons (Fsp3) is 0.375. The summed E-state index contributed by atoms with van der Waals surface area (Å²) in [4.78, 5) is 30.1. The molecular weight excluding hydrogens is 454 g/mol. The third-order valence-corrected chi connectivity index (χ3v) is 7.86. The molecule has 9 nitrogen and oxygen atoms in total. The number of carbonyl (C=O) groups excluding carboxylic acids is 1. The number of amides is 1. The normalized spacial score (nSPS) is 19.1. The lowest BCUT2D eigenvalue weighted by atomic mass is 9.94. The molecule has 1 aliphatic heterocycles. The van der Waals surface area contributed by atoms with Gasteiger partial charge >= 0.3 is 0 Å². The summed E-state index contributed by atoms with van der Waals surface area (Å²) in [5, 5.41) is 0.487. The fourth-order valence-electron chi connectivity index (χ4n) is 4.49. The summed E-state index contributed by atoms with van der Waals surface area (Å²) < 4.78 is 29.3. The topological polar surface area (TPSA) is 113 Å². The van der Waals surface area contributed by atoms with Crippen molar-refractivity contribution in [2.75, 3.05) is 18.5 Å². The molecule has 1 amide bonds. The summed E-state index contributed by atoms with van der Waals surface area (Å²) in [6.45, 7) is 7.19. The van der Waals surface area contributed by atoms with Gasteiger partial charge in [0.2, 0.25) is 16.0 Å². The summed E-state index contributed by atoms with van der Waals surface area (Å²) in [6, 6.07) is 12.9. The predicted molar refractivity (Wildman–Crippen MR) is 131 cm³/mol. The number of piperidine rings is 1. The number of nitrogens with zero attached hydrogens (tertiary/aromatic N) is 3. The molecule has 10 heteroatoms. The van der Waals surface area contributed by atoms with E-state index in [1.54, 1.807) is 30.3 Å². The van der Waals surface area contributed by atoms with Gasteiger partial charge in [-0.15, -0.1) is 0 Å². The van der Waals surface area contributed by atoms with Gasteiger partial charge in [0.05, 0.1) is 15.8 Å². The molecule has 0 aliphatic carbocycles. The van der Waals surface area contributed by atoms with Gasteiger partial charge in [-0.1, -0.05) is 32.0 Å². The Kier molecular flexibility index (Phi) is 6.72. The number of carbonyl (C=O) groups is 1. The number of hydrazine groups is 1. The molecule has 4 rings (SSSR count). The van der Waals surface area contributed by atoms with Gasteiger partial charge in [0, 0.05) is 25.2 Å². The minimum atomic E-state index is -3.72. The van der Waals surface area contributed by atoms with Gasteiger partial charge in [-0.05, 0) is 55.5 Å². The molecule has 3 aromatic rings. The molecule has 2 heterocycles. The monoisotopic (exact) mass is 483 g/mol. The molecule has 180 valence electrons. The van der Waals surface area contributed by atoms with Crippen LogP contribution in [0.3, 0.4) is 0 Å². The largest absolute Gasteiger partial charge is 0.277 e. The lowest BCUT2D eigenvalue weighted by Crippen LogP contribution is -2.42. The maximum Gasteiger partial charge on any atom is 0.269 e. The Morgan fingerprint density at radius 1 is 1.09 bits per heavy atom. The highest BCUT2D eigenvalue weighted by atomic mass is 32.2. The molecule has 1 saturated heterocycles. The smallest absolute Gasteiger partial charge is 0.269 e. The Hall–Kier alpha value is -3.24. The molecule has 2 N–H and O–H groups in total. The van der Waals surface area contributed by atoms with Crippen molar-refractivity contribution in [1.29, 1.82) is 0 Å². The molecule has 1 aromatic heterocycles. The number of rotatable bonds is 6. The van der Waals surface area contributed by atoms with Crippen LogP contribution in [0, 0.1) is 11.8 Å². The summed E-state index contributed by atoms with van der Waals surface area (Å²) in [5.74, 6) is 0.210. The van der Waals surface area contributed by atoms with E-state index in [-0.39, 0.29) is 33.8 Å². The van der Waals surface area contributed by atoms with Gasteiger partial charge in [0.15, 0.2) is 0 Å². The van der Waals surface area contributed by atoms with E-state index in [4.69, 9.17) is 0 Å². The van der Waals surface area contributed by atoms with Crippen LogP contribution in [-0.2, 0) is 16.6 Å². The summed E-state index contributed by atoms with van der Waals surface area (Å²) in [5.41, 5.74) is 5.72. The number of hydrogen-bond acceptors (Lipinski definition) is 6. The Morgan fingerprint density at radius 2 is 1.79 bits per heavy atom. The van der Waals surface area contributed by atoms with E-state index in [1.165, 1.54) is 27.1 Å². The van der Waals surface area contributed by atoms with Crippen LogP contribution in [-0.4, -0.2) is 41.3 Å². The average Bonchev–Trinajstić information content (AvgIpc) is 2.82. The first-order valence-corrected chi connectivity index (χ1v) is 12.8. The van der Waals surface area contributed by atoms with Crippen molar-refractivity contribution in [2.24, 2.45) is 11.8 Å². The first kappa shape index (κ1) is 23.9. The van der Waals surface area contributed by atoms with E-state index in [0.29, 0.717) is 30.5 Å². The minimum Gasteiger partial charge on any atom is -0.277 e. The van der Waals surface area contributed by atoms with Crippen LogP contribution in [0.4, 0.5) is 5.95 Å². The maximum atomic E-state index is 13.2. The Balaban J connectivity index is 1.55. The third-order valence-electron chi connectivity index (χ3n) is 6.04. The molecule has 2 atom stereocenters. The van der Waals surface area contributed by atoms with Crippen molar-refractivity contribution in [1.82, 2.24) is 19.3 Å². The maximum absolute atomic E-state index is 13.2. The Morgan fingerprint density at radius 3 is 2.50 bits per heavy atom. The predicted octanol–water partition coefficient (Wildman–Crippen LogP) is 2.84. The van der Waals surface area contributed by atoms with Gasteiger partial charge in [-0.2, -0.15) is 4.31 Å². The summed E-state index contributed by atoms with van der Waals surface area (Å²) in [7, 11) is -3.72. The number of anilines is 1. The highest BCUT2D eigenvalue weighted by Gasteiger charge is 2.32. The molecule has 0 spiro atoms. The summed E-state index contributed by atoms with van der Waals surface area (Å²) >= 11 is 0. The Bertz CT molecular complexity index is 1380. The van der Waals surface area contributed by atoms with Crippen LogP contribution in [0.2, 0.25) is 0 Å². The average molecular weight is 484 g/mol. The molecule has 2 unspecified atom stereocenters. The number of aromatic nitrogens is 2. The van der Waals surface area contributed by atoms with Gasteiger partial charge in [0.1, 0.15) is 0 Å². The number of benzene rings is 2. The Labute approximate surface area is 198 Å². The van der Waals surface area contributed by atoms with Crippen LogP contribution < -0.4 is 16.4 Å². The second-order valence-electron chi connectivity index (χ2n) is 8.88. The number of hydrogen-bond donors (Lipinski definition) is 2. The quantitative estimate of drug-likeness (QED) is 0.521. The van der Waals surface area contributed by atoms with Crippen molar-refractivity contribution < 1.29 is 13.2 Å². The molecule has 2 aromatic carbocycles. The third kappa shape index (κ3) is 4.69. The van der Waals surface area contributed by atoms with E-state index in [1.807, 2.05) is 20.8 Å². The van der Waals surface area contributed by atoms with Crippen molar-refractivity contribution in [3.05, 3.63) is 64.4 Å². The summed E-state index contributed by atoms with van der Waals surface area (Å²) in [6.07, 6.45) is 0.992. The zero-order valence-electron chi connectivity index (χ0n) is 19.5.